The predicted octanol–water partition coefficient (Wildman–Crippen LogP) is 1.21. The lowest BCUT2D eigenvalue weighted by molar-refractivity contribution is -0.121. The van der Waals surface area contributed by atoms with E-state index in [0.717, 1.165) is 10.7 Å². The summed E-state index contributed by atoms with van der Waals surface area (Å²) in [5.41, 5.74) is 0.526. The summed E-state index contributed by atoms with van der Waals surface area (Å²) in [6.07, 6.45) is 4.00. The highest BCUT2D eigenvalue weighted by atomic mass is 16.2. The number of para-hydroxylation sites is 1. The third-order valence-corrected chi connectivity index (χ3v) is 4.29. The Labute approximate surface area is 151 Å². The molecule has 1 aliphatic rings. The van der Waals surface area contributed by atoms with E-state index in [-0.39, 0.29) is 24.7 Å². The number of imide groups is 1. The number of anilines is 1. The van der Waals surface area contributed by atoms with Crippen molar-refractivity contribution in [1.29, 1.82) is 0 Å². The summed E-state index contributed by atoms with van der Waals surface area (Å²) < 4.78 is 1.94. The van der Waals surface area contributed by atoms with Gasteiger partial charge in [0.25, 0.3) is 5.91 Å². The van der Waals surface area contributed by atoms with Gasteiger partial charge in [0.2, 0.25) is 5.91 Å². The molecule has 0 spiro atoms. The predicted molar refractivity (Wildman–Crippen MR) is 95.5 cm³/mol. The first kappa shape index (κ1) is 17.7. The Kier molecular flexibility index (Phi) is 5.31. The summed E-state index contributed by atoms with van der Waals surface area (Å²) in [6, 6.07) is 7.60. The molecule has 4 amide bonds. The summed E-state index contributed by atoms with van der Waals surface area (Å²) >= 11 is 0. The molecule has 1 aliphatic heterocycles. The molecule has 1 fully saturated rings. The maximum Gasteiger partial charge on any atom is 0.329 e. The number of nitrogens with one attached hydrogen (secondary N) is 2. The van der Waals surface area contributed by atoms with Gasteiger partial charge in [0.05, 0.1) is 5.69 Å². The molecule has 136 valence electrons. The Hall–Kier alpha value is -3.16. The zero-order valence-corrected chi connectivity index (χ0v) is 14.5. The van der Waals surface area contributed by atoms with Crippen LogP contribution < -0.4 is 15.5 Å². The second-order valence-corrected chi connectivity index (χ2v) is 6.07. The maximum atomic E-state index is 12.4. The molecule has 0 unspecified atom stereocenters. The van der Waals surface area contributed by atoms with Crippen LogP contribution in [0.4, 0.5) is 10.5 Å². The number of aryl methyl sites for hydroxylation is 1. The van der Waals surface area contributed by atoms with Gasteiger partial charge in [-0.3, -0.25) is 9.59 Å². The van der Waals surface area contributed by atoms with Crippen molar-refractivity contribution in [2.45, 2.75) is 32.4 Å². The quantitative estimate of drug-likeness (QED) is 0.730. The van der Waals surface area contributed by atoms with Gasteiger partial charge < -0.3 is 15.2 Å². The molecule has 1 aromatic heterocycles. The monoisotopic (exact) mass is 355 g/mol. The van der Waals surface area contributed by atoms with Crippen LogP contribution in [-0.2, 0) is 16.1 Å². The van der Waals surface area contributed by atoms with Crippen LogP contribution in [0.15, 0.2) is 42.7 Å². The number of benzene rings is 1. The van der Waals surface area contributed by atoms with Crippen LogP contribution in [0.5, 0.6) is 0 Å². The SMILES string of the molecule is Cc1nccn1CCNC(=O)CC[C@@H]1NC(=O)N(c2ccccc2)C1=O. The molecule has 0 saturated carbocycles. The van der Waals surface area contributed by atoms with Gasteiger partial charge in [0.1, 0.15) is 11.9 Å². The average molecular weight is 355 g/mol. The molecule has 1 aromatic carbocycles. The lowest BCUT2D eigenvalue weighted by atomic mass is 10.1. The largest absolute Gasteiger partial charge is 0.354 e. The van der Waals surface area contributed by atoms with Gasteiger partial charge in [-0.05, 0) is 25.5 Å². The van der Waals surface area contributed by atoms with Crippen molar-refractivity contribution in [2.24, 2.45) is 0 Å². The molecule has 0 radical (unpaired) electrons. The van der Waals surface area contributed by atoms with Crippen molar-refractivity contribution in [2.75, 3.05) is 11.4 Å². The maximum absolute atomic E-state index is 12.4. The summed E-state index contributed by atoms with van der Waals surface area (Å²) in [5, 5.41) is 5.45. The third-order valence-electron chi connectivity index (χ3n) is 4.29. The number of nitrogens with zero attached hydrogens (tertiary/aromatic N) is 3. The highest BCUT2D eigenvalue weighted by Gasteiger charge is 2.38. The van der Waals surface area contributed by atoms with Crippen LogP contribution in [0.2, 0.25) is 0 Å². The first-order chi connectivity index (χ1) is 12.6. The standard InChI is InChI=1S/C18H21N5O3/c1-13-19-9-11-22(13)12-10-20-16(24)8-7-15-17(25)23(18(26)21-15)14-5-3-2-4-6-14/h2-6,9,11,15H,7-8,10,12H2,1H3,(H,20,24)(H,21,26)/t15-/m0/s1. The topological polar surface area (TPSA) is 96.3 Å². The van der Waals surface area contributed by atoms with E-state index >= 15 is 0 Å². The van der Waals surface area contributed by atoms with Gasteiger partial charge in [-0.1, -0.05) is 18.2 Å². The molecule has 2 aromatic rings. The molecule has 8 heteroatoms. The van der Waals surface area contributed by atoms with Gasteiger partial charge in [-0.25, -0.2) is 14.7 Å². The molecule has 1 atom stereocenters. The number of amides is 4. The smallest absolute Gasteiger partial charge is 0.329 e. The van der Waals surface area contributed by atoms with Crippen LogP contribution in [0.1, 0.15) is 18.7 Å². The van der Waals surface area contributed by atoms with Crippen molar-refractivity contribution < 1.29 is 14.4 Å². The molecule has 0 bridgehead atoms. The number of carbonyl (C=O) groups is 3. The molecule has 8 nitrogen and oxygen atoms in total. The lowest BCUT2D eigenvalue weighted by Crippen LogP contribution is -2.33. The zero-order valence-electron chi connectivity index (χ0n) is 14.5. The van der Waals surface area contributed by atoms with Crippen molar-refractivity contribution in [3.05, 3.63) is 48.5 Å². The van der Waals surface area contributed by atoms with Gasteiger partial charge in [-0.15, -0.1) is 0 Å². The summed E-state index contributed by atoms with van der Waals surface area (Å²) in [5.74, 6) is 0.408. The Morgan fingerprint density at radius 3 is 2.73 bits per heavy atom. The minimum absolute atomic E-state index is 0.150. The van der Waals surface area contributed by atoms with Crippen molar-refractivity contribution >= 4 is 23.5 Å². The molecule has 2 N–H and O–H groups in total. The average Bonchev–Trinajstić information content (AvgIpc) is 3.16. The first-order valence-electron chi connectivity index (χ1n) is 8.50. The number of aromatic nitrogens is 2. The third kappa shape index (κ3) is 3.90. The summed E-state index contributed by atoms with van der Waals surface area (Å²) in [7, 11) is 0. The number of hydrogen-bond donors (Lipinski definition) is 2. The van der Waals surface area contributed by atoms with E-state index in [2.05, 4.69) is 15.6 Å². The number of carbonyl (C=O) groups excluding carboxylic acids is 3. The Balaban J connectivity index is 1.46. The highest BCUT2D eigenvalue weighted by Crippen LogP contribution is 2.20. The summed E-state index contributed by atoms with van der Waals surface area (Å²) in [4.78, 5) is 41.7. The fourth-order valence-corrected chi connectivity index (χ4v) is 2.87. The Bertz CT molecular complexity index is 802. The van der Waals surface area contributed by atoms with Crippen LogP contribution in [0.3, 0.4) is 0 Å². The van der Waals surface area contributed by atoms with Crippen LogP contribution in [-0.4, -0.2) is 40.0 Å². The normalized spacial score (nSPS) is 16.7. The van der Waals surface area contributed by atoms with Gasteiger partial charge >= 0.3 is 6.03 Å². The zero-order chi connectivity index (χ0) is 18.5. The van der Waals surface area contributed by atoms with Gasteiger partial charge in [0, 0.05) is 31.9 Å². The van der Waals surface area contributed by atoms with Gasteiger partial charge in [-0.2, -0.15) is 0 Å². The van der Waals surface area contributed by atoms with E-state index in [1.165, 1.54) is 0 Å². The molecule has 0 aliphatic carbocycles. The van der Waals surface area contributed by atoms with E-state index in [1.54, 1.807) is 30.5 Å². The lowest BCUT2D eigenvalue weighted by Gasteiger charge is -2.12. The van der Waals surface area contributed by atoms with E-state index in [9.17, 15) is 14.4 Å². The second-order valence-electron chi connectivity index (χ2n) is 6.07. The minimum atomic E-state index is -0.677. The highest BCUT2D eigenvalue weighted by molar-refractivity contribution is 6.21. The van der Waals surface area contributed by atoms with E-state index in [1.807, 2.05) is 23.8 Å². The fourth-order valence-electron chi connectivity index (χ4n) is 2.87. The molecule has 26 heavy (non-hydrogen) atoms. The van der Waals surface area contributed by atoms with E-state index < -0.39 is 12.1 Å². The van der Waals surface area contributed by atoms with Crippen LogP contribution >= 0.6 is 0 Å². The molecular weight excluding hydrogens is 334 g/mol. The van der Waals surface area contributed by atoms with Crippen molar-refractivity contribution in [1.82, 2.24) is 20.2 Å². The molecule has 2 heterocycles. The van der Waals surface area contributed by atoms with Gasteiger partial charge in [0.15, 0.2) is 0 Å². The molecule has 1 saturated heterocycles. The first-order valence-corrected chi connectivity index (χ1v) is 8.50. The molecule has 3 rings (SSSR count). The van der Waals surface area contributed by atoms with Crippen LogP contribution in [0, 0.1) is 6.92 Å². The minimum Gasteiger partial charge on any atom is -0.354 e. The van der Waals surface area contributed by atoms with Crippen molar-refractivity contribution in [3.8, 4) is 0 Å². The second kappa shape index (κ2) is 7.81. The number of imidazole rings is 1. The molecular formula is C18H21N5O3. The fraction of sp³-hybridized carbons (Fsp3) is 0.333. The number of hydrogen-bond acceptors (Lipinski definition) is 4. The Morgan fingerprint density at radius 1 is 1.27 bits per heavy atom. The van der Waals surface area contributed by atoms with Crippen LogP contribution in [0.25, 0.3) is 0 Å². The summed E-state index contributed by atoms with van der Waals surface area (Å²) in [6.45, 7) is 3.02. The number of rotatable bonds is 7. The van der Waals surface area contributed by atoms with E-state index in [0.29, 0.717) is 18.8 Å². The Morgan fingerprint density at radius 2 is 2.04 bits per heavy atom. The number of urea groups is 1. The van der Waals surface area contributed by atoms with E-state index in [4.69, 9.17) is 0 Å². The van der Waals surface area contributed by atoms with Crippen molar-refractivity contribution in [3.63, 3.8) is 0 Å².